The summed E-state index contributed by atoms with van der Waals surface area (Å²) in [7, 11) is 0. The van der Waals surface area contributed by atoms with Crippen LogP contribution in [0.5, 0.6) is 0 Å². The van der Waals surface area contributed by atoms with Crippen LogP contribution in [-0.4, -0.2) is 63.5 Å². The third-order valence-corrected chi connectivity index (χ3v) is 12.2. The molecule has 0 radical (unpaired) electrons. The van der Waals surface area contributed by atoms with Gasteiger partial charge in [0.1, 0.15) is 6.04 Å². The summed E-state index contributed by atoms with van der Waals surface area (Å²) in [6, 6.07) is 24.1. The molecule has 46 heavy (non-hydrogen) atoms. The van der Waals surface area contributed by atoms with Gasteiger partial charge in [-0.3, -0.25) is 14.4 Å². The van der Waals surface area contributed by atoms with Crippen molar-refractivity contribution in [3.8, 4) is 0 Å². The van der Waals surface area contributed by atoms with Crippen molar-refractivity contribution in [3.63, 3.8) is 0 Å². The highest BCUT2D eigenvalue weighted by molar-refractivity contribution is 8.02. The molecule has 9 heteroatoms. The average Bonchev–Trinajstić information content (AvgIpc) is 3.67. The molecule has 3 saturated heterocycles. The largest absolute Gasteiger partial charge is 0.394 e. The molecule has 238 valence electrons. The van der Waals surface area contributed by atoms with Crippen LogP contribution in [0, 0.1) is 17.8 Å². The fraction of sp³-hybridized carbons (Fsp3) is 0.324. The van der Waals surface area contributed by atoms with E-state index in [0.717, 1.165) is 5.69 Å². The monoisotopic (exact) mass is 655 g/mol. The maximum absolute atomic E-state index is 15.1. The lowest BCUT2D eigenvalue weighted by Gasteiger charge is -2.42. The van der Waals surface area contributed by atoms with Gasteiger partial charge in [0.05, 0.1) is 39.9 Å². The van der Waals surface area contributed by atoms with E-state index in [4.69, 9.17) is 11.6 Å². The van der Waals surface area contributed by atoms with Crippen molar-refractivity contribution in [1.29, 1.82) is 0 Å². The number of carbonyl (C=O) groups is 3. The number of thioether (sulfide) groups is 1. The van der Waals surface area contributed by atoms with Gasteiger partial charge in [0.25, 0.3) is 5.91 Å². The molecule has 1 spiro atoms. The van der Waals surface area contributed by atoms with Gasteiger partial charge in [-0.1, -0.05) is 91.3 Å². The van der Waals surface area contributed by atoms with Gasteiger partial charge >= 0.3 is 0 Å². The Balaban J connectivity index is 1.51. The molecule has 0 aromatic heterocycles. The number of carbonyl (C=O) groups excluding carboxylic acids is 3. The van der Waals surface area contributed by atoms with Gasteiger partial charge < -0.3 is 19.8 Å². The van der Waals surface area contributed by atoms with Crippen LogP contribution in [0.2, 0.25) is 5.02 Å². The number of anilines is 2. The van der Waals surface area contributed by atoms with Crippen LogP contribution in [0.25, 0.3) is 0 Å². The number of aliphatic hydroxyl groups excluding tert-OH is 1. The summed E-state index contributed by atoms with van der Waals surface area (Å²) in [4.78, 5) is 49.6. The molecule has 3 fully saturated rings. The molecule has 0 saturated carbocycles. The Morgan fingerprint density at radius 3 is 2.22 bits per heavy atom. The van der Waals surface area contributed by atoms with Crippen LogP contribution in [0.1, 0.15) is 24.9 Å². The zero-order valence-corrected chi connectivity index (χ0v) is 27.3. The highest BCUT2D eigenvalue weighted by Crippen LogP contribution is 2.69. The Morgan fingerprint density at radius 2 is 1.59 bits per heavy atom. The van der Waals surface area contributed by atoms with Crippen molar-refractivity contribution in [2.45, 2.75) is 35.4 Å². The van der Waals surface area contributed by atoms with E-state index in [9.17, 15) is 9.90 Å². The Morgan fingerprint density at radius 1 is 0.978 bits per heavy atom. The number of likely N-dealkylation sites (tertiary alicyclic amines) is 1. The average molecular weight is 656 g/mol. The number of hydrogen-bond acceptors (Lipinski definition) is 5. The summed E-state index contributed by atoms with van der Waals surface area (Å²) < 4.78 is -0.904. The van der Waals surface area contributed by atoms with Gasteiger partial charge in [-0.2, -0.15) is 0 Å². The van der Waals surface area contributed by atoms with Crippen molar-refractivity contribution >= 4 is 52.5 Å². The number of hydrogen-bond donors (Lipinski definition) is 1. The number of nitrogens with zero attached hydrogens (tertiary/aromatic N) is 3. The van der Waals surface area contributed by atoms with Gasteiger partial charge in [0.2, 0.25) is 11.8 Å². The van der Waals surface area contributed by atoms with Crippen molar-refractivity contribution in [1.82, 2.24) is 4.90 Å². The summed E-state index contributed by atoms with van der Waals surface area (Å²) >= 11 is 8.25. The number of para-hydroxylation sites is 2. The predicted molar refractivity (Wildman–Crippen MR) is 185 cm³/mol. The Kier molecular flexibility index (Phi) is 9.15. The van der Waals surface area contributed by atoms with E-state index in [1.807, 2.05) is 66.7 Å². The summed E-state index contributed by atoms with van der Waals surface area (Å²) in [6.07, 6.45) is 4.01. The fourth-order valence-electron chi connectivity index (χ4n) is 7.88. The van der Waals surface area contributed by atoms with E-state index in [0.29, 0.717) is 22.7 Å². The summed E-state index contributed by atoms with van der Waals surface area (Å²) in [5.41, 5.74) is 1.96. The van der Waals surface area contributed by atoms with E-state index < -0.39 is 28.7 Å². The van der Waals surface area contributed by atoms with Crippen molar-refractivity contribution < 1.29 is 19.5 Å². The fourth-order valence-corrected chi connectivity index (χ4v) is 10.5. The van der Waals surface area contributed by atoms with Gasteiger partial charge in [0, 0.05) is 24.0 Å². The normalized spacial score (nSPS) is 26.8. The predicted octanol–water partition coefficient (Wildman–Crippen LogP) is 6.15. The third kappa shape index (κ3) is 5.07. The van der Waals surface area contributed by atoms with Gasteiger partial charge in [-0.05, 0) is 42.2 Å². The van der Waals surface area contributed by atoms with Gasteiger partial charge in [-0.15, -0.1) is 24.9 Å². The second-order valence-electron chi connectivity index (χ2n) is 12.2. The SMILES string of the molecule is C=CCN(C(=O)[C@@H]1[C@@H]2CC(C)C3(S2)C(C(=O)N(CC=C)c2ccccc2Cl)N([C@H](CO)c2ccccc2)C(=O)[C@H]13)c1ccccc1. The van der Waals surface area contributed by atoms with Crippen LogP contribution in [0.4, 0.5) is 11.4 Å². The topological polar surface area (TPSA) is 81.2 Å². The summed E-state index contributed by atoms with van der Waals surface area (Å²) in [6.45, 7) is 9.95. The molecule has 1 N–H and O–H groups in total. The lowest BCUT2D eigenvalue weighted by Crippen LogP contribution is -2.58. The van der Waals surface area contributed by atoms with Crippen LogP contribution >= 0.6 is 23.4 Å². The first-order valence-corrected chi connectivity index (χ1v) is 16.9. The molecule has 3 aliphatic heterocycles. The molecule has 3 unspecified atom stereocenters. The molecular formula is C37H38ClN3O4S. The maximum atomic E-state index is 15.1. The zero-order valence-electron chi connectivity index (χ0n) is 25.7. The molecule has 3 aromatic carbocycles. The first kappa shape index (κ1) is 32.1. The van der Waals surface area contributed by atoms with Crippen LogP contribution in [-0.2, 0) is 14.4 Å². The number of aliphatic hydroxyl groups is 1. The number of rotatable bonds is 11. The molecule has 7 nitrogen and oxygen atoms in total. The zero-order chi connectivity index (χ0) is 32.6. The lowest BCUT2D eigenvalue weighted by atomic mass is 9.65. The van der Waals surface area contributed by atoms with E-state index in [1.54, 1.807) is 56.8 Å². The Labute approximate surface area is 279 Å². The number of halogens is 1. The lowest BCUT2D eigenvalue weighted by molar-refractivity contribution is -0.142. The Hall–Kier alpha value is -3.85. The van der Waals surface area contributed by atoms with E-state index >= 15 is 9.59 Å². The quantitative estimate of drug-likeness (QED) is 0.251. The van der Waals surface area contributed by atoms with Gasteiger partial charge in [0.15, 0.2) is 0 Å². The summed E-state index contributed by atoms with van der Waals surface area (Å²) in [5, 5.41) is 11.1. The van der Waals surface area contributed by atoms with Crippen LogP contribution in [0.3, 0.4) is 0 Å². The smallest absolute Gasteiger partial charge is 0.251 e. The highest BCUT2D eigenvalue weighted by Gasteiger charge is 2.77. The molecule has 3 aliphatic rings. The number of amides is 3. The van der Waals surface area contributed by atoms with Crippen LogP contribution in [0.15, 0.2) is 110 Å². The molecule has 0 aliphatic carbocycles. The molecule has 3 heterocycles. The maximum Gasteiger partial charge on any atom is 0.251 e. The standard InChI is InChI=1S/C37H38ClN3O4S/c1-4-20-39(26-16-10-7-11-17-26)34(43)31-30-22-24(3)37(46-30)32(31)35(44)41(29(23-42)25-14-8-6-9-15-25)33(37)36(45)40(21-5-2)28-19-13-12-18-27(28)38/h4-19,24,29-33,42H,1-2,20-23H2,3H3/t24?,29-,30+,31-,32+,33?,37?/m1/s1. The minimum atomic E-state index is -0.967. The number of benzene rings is 3. The molecule has 6 rings (SSSR count). The van der Waals surface area contributed by atoms with Crippen molar-refractivity contribution in [2.24, 2.45) is 17.8 Å². The van der Waals surface area contributed by atoms with E-state index in [1.165, 1.54) is 0 Å². The highest BCUT2D eigenvalue weighted by atomic mass is 35.5. The molecule has 3 aromatic rings. The van der Waals surface area contributed by atoms with E-state index in [-0.39, 0.29) is 48.6 Å². The Bertz CT molecular complexity index is 1640. The molecular weight excluding hydrogens is 618 g/mol. The summed E-state index contributed by atoms with van der Waals surface area (Å²) in [5.74, 6) is -2.23. The van der Waals surface area contributed by atoms with Crippen molar-refractivity contribution in [3.05, 3.63) is 121 Å². The first-order valence-electron chi connectivity index (χ1n) is 15.6. The second kappa shape index (κ2) is 13.1. The van der Waals surface area contributed by atoms with Crippen molar-refractivity contribution in [2.75, 3.05) is 29.5 Å². The van der Waals surface area contributed by atoms with E-state index in [2.05, 4.69) is 20.1 Å². The van der Waals surface area contributed by atoms with Crippen LogP contribution < -0.4 is 9.80 Å². The minimum absolute atomic E-state index is 0.0593. The minimum Gasteiger partial charge on any atom is -0.394 e. The number of fused-ring (bicyclic) bond motifs is 1. The molecule has 7 atom stereocenters. The second-order valence-corrected chi connectivity index (χ2v) is 14.1. The third-order valence-electron chi connectivity index (χ3n) is 9.76. The molecule has 2 bridgehead atoms. The van der Waals surface area contributed by atoms with Gasteiger partial charge in [-0.25, -0.2) is 0 Å². The first-order chi connectivity index (χ1) is 22.3. The molecule has 3 amide bonds.